The lowest BCUT2D eigenvalue weighted by Gasteiger charge is -2.34. The second-order valence-electron chi connectivity index (χ2n) is 5.61. The molecular weight excluding hydrogens is 214 g/mol. The van der Waals surface area contributed by atoms with Crippen LogP contribution in [0.3, 0.4) is 0 Å². The van der Waals surface area contributed by atoms with Gasteiger partial charge in [-0.2, -0.15) is 0 Å². The molecule has 0 aliphatic heterocycles. The van der Waals surface area contributed by atoms with Gasteiger partial charge in [0.1, 0.15) is 6.29 Å². The topological polar surface area (TPSA) is 29.5 Å². The van der Waals surface area contributed by atoms with E-state index in [1.165, 1.54) is 32.0 Å². The van der Waals surface area contributed by atoms with Gasteiger partial charge < -0.3 is 14.4 Å². The van der Waals surface area contributed by atoms with Crippen LogP contribution >= 0.6 is 0 Å². The van der Waals surface area contributed by atoms with Gasteiger partial charge in [-0.25, -0.2) is 0 Å². The zero-order valence-electron chi connectivity index (χ0n) is 11.6. The van der Waals surface area contributed by atoms with Gasteiger partial charge in [0.25, 0.3) is 0 Å². The lowest BCUT2D eigenvalue weighted by molar-refractivity contribution is -0.118. The Balaban J connectivity index is 2.57. The lowest BCUT2D eigenvalue weighted by atomic mass is 9.81. The van der Waals surface area contributed by atoms with Crippen LogP contribution in [0, 0.1) is 5.41 Å². The van der Waals surface area contributed by atoms with E-state index < -0.39 is 0 Å². The predicted molar refractivity (Wildman–Crippen MR) is 70.2 cm³/mol. The maximum absolute atomic E-state index is 11.5. The monoisotopic (exact) mass is 241 g/mol. The van der Waals surface area contributed by atoms with E-state index in [0.717, 1.165) is 26.0 Å². The van der Waals surface area contributed by atoms with Crippen LogP contribution in [0.15, 0.2) is 0 Å². The van der Waals surface area contributed by atoms with Crippen molar-refractivity contribution in [2.24, 2.45) is 5.41 Å². The molecule has 0 aromatic rings. The Kier molecular flexibility index (Phi) is 6.14. The fourth-order valence-corrected chi connectivity index (χ4v) is 2.77. The standard InChI is InChI=1S/C14H27NO2/c1-13(10-17-3)15(2)11-14(12-16)8-6-4-5-7-9-14/h12-13H,4-11H2,1-3H3. The van der Waals surface area contributed by atoms with Gasteiger partial charge in [0.2, 0.25) is 0 Å². The van der Waals surface area contributed by atoms with E-state index in [-0.39, 0.29) is 5.41 Å². The minimum Gasteiger partial charge on any atom is -0.383 e. The van der Waals surface area contributed by atoms with Crippen LogP contribution in [0.4, 0.5) is 0 Å². The van der Waals surface area contributed by atoms with E-state index in [1.54, 1.807) is 7.11 Å². The zero-order valence-corrected chi connectivity index (χ0v) is 11.6. The van der Waals surface area contributed by atoms with E-state index in [2.05, 4.69) is 18.9 Å². The summed E-state index contributed by atoms with van der Waals surface area (Å²) in [5.74, 6) is 0. The molecule has 0 spiro atoms. The quantitative estimate of drug-likeness (QED) is 0.528. The molecule has 0 saturated heterocycles. The molecule has 3 nitrogen and oxygen atoms in total. The highest BCUT2D eigenvalue weighted by Crippen LogP contribution is 2.34. The van der Waals surface area contributed by atoms with Crippen LogP contribution < -0.4 is 0 Å². The second kappa shape index (κ2) is 7.12. The summed E-state index contributed by atoms with van der Waals surface area (Å²) in [6, 6.07) is 0.375. The first-order chi connectivity index (χ1) is 8.13. The van der Waals surface area contributed by atoms with E-state index in [9.17, 15) is 4.79 Å². The van der Waals surface area contributed by atoms with Crippen LogP contribution in [-0.4, -0.2) is 44.5 Å². The van der Waals surface area contributed by atoms with Gasteiger partial charge in [0.15, 0.2) is 0 Å². The Hall–Kier alpha value is -0.410. The Morgan fingerprint density at radius 2 is 1.88 bits per heavy atom. The van der Waals surface area contributed by atoms with Crippen molar-refractivity contribution in [2.75, 3.05) is 27.3 Å². The number of hydrogen-bond acceptors (Lipinski definition) is 3. The average molecular weight is 241 g/mol. The summed E-state index contributed by atoms with van der Waals surface area (Å²) in [5, 5.41) is 0. The number of ether oxygens (including phenoxy) is 1. The lowest BCUT2D eigenvalue weighted by Crippen LogP contribution is -2.42. The van der Waals surface area contributed by atoms with E-state index in [4.69, 9.17) is 4.74 Å². The van der Waals surface area contributed by atoms with Crippen LogP contribution in [0.1, 0.15) is 45.4 Å². The van der Waals surface area contributed by atoms with Gasteiger partial charge in [0, 0.05) is 25.1 Å². The molecule has 1 saturated carbocycles. The number of rotatable bonds is 6. The van der Waals surface area contributed by atoms with Gasteiger partial charge in [-0.1, -0.05) is 25.7 Å². The summed E-state index contributed by atoms with van der Waals surface area (Å²) in [4.78, 5) is 13.8. The molecule has 1 atom stereocenters. The SMILES string of the molecule is COCC(C)N(C)CC1(C=O)CCCCCC1. The van der Waals surface area contributed by atoms with Crippen molar-refractivity contribution in [3.8, 4) is 0 Å². The molecule has 1 rings (SSSR count). The van der Waals surface area contributed by atoms with Gasteiger partial charge in [-0.3, -0.25) is 0 Å². The maximum atomic E-state index is 11.5. The molecule has 0 radical (unpaired) electrons. The molecule has 17 heavy (non-hydrogen) atoms. The number of carbonyl (C=O) groups is 1. The number of carbonyl (C=O) groups excluding carboxylic acids is 1. The summed E-state index contributed by atoms with van der Waals surface area (Å²) in [6.07, 6.45) is 8.30. The van der Waals surface area contributed by atoms with E-state index in [0.29, 0.717) is 6.04 Å². The number of aldehydes is 1. The molecule has 1 fully saturated rings. The van der Waals surface area contributed by atoms with Gasteiger partial charge in [0.05, 0.1) is 6.61 Å². The smallest absolute Gasteiger partial charge is 0.127 e. The first kappa shape index (κ1) is 14.7. The Morgan fingerprint density at radius 3 is 2.35 bits per heavy atom. The largest absolute Gasteiger partial charge is 0.383 e. The third-order valence-electron chi connectivity index (χ3n) is 4.07. The van der Waals surface area contributed by atoms with Crippen molar-refractivity contribution < 1.29 is 9.53 Å². The number of likely N-dealkylation sites (N-methyl/N-ethyl adjacent to an activating group) is 1. The number of methoxy groups -OCH3 is 1. The predicted octanol–water partition coefficient (Wildman–Crippen LogP) is 2.49. The van der Waals surface area contributed by atoms with Crippen molar-refractivity contribution in [1.29, 1.82) is 0 Å². The van der Waals surface area contributed by atoms with Crippen molar-refractivity contribution in [3.05, 3.63) is 0 Å². The van der Waals surface area contributed by atoms with Gasteiger partial charge in [-0.15, -0.1) is 0 Å². The molecule has 0 N–H and O–H groups in total. The number of nitrogens with zero attached hydrogens (tertiary/aromatic N) is 1. The molecule has 100 valence electrons. The highest BCUT2D eigenvalue weighted by atomic mass is 16.5. The van der Waals surface area contributed by atoms with Crippen molar-refractivity contribution >= 4 is 6.29 Å². The molecule has 0 aromatic carbocycles. The van der Waals surface area contributed by atoms with Crippen LogP contribution in [0.5, 0.6) is 0 Å². The highest BCUT2D eigenvalue weighted by molar-refractivity contribution is 5.59. The first-order valence-corrected chi connectivity index (χ1v) is 6.79. The summed E-state index contributed by atoms with van der Waals surface area (Å²) in [5.41, 5.74) is -0.104. The fraction of sp³-hybridized carbons (Fsp3) is 0.929. The van der Waals surface area contributed by atoms with Crippen molar-refractivity contribution in [1.82, 2.24) is 4.90 Å². The van der Waals surface area contributed by atoms with Crippen LogP contribution in [-0.2, 0) is 9.53 Å². The molecule has 1 aliphatic rings. The molecule has 0 aromatic heterocycles. The van der Waals surface area contributed by atoms with E-state index >= 15 is 0 Å². The summed E-state index contributed by atoms with van der Waals surface area (Å²) in [7, 11) is 3.82. The Morgan fingerprint density at radius 1 is 1.29 bits per heavy atom. The number of hydrogen-bond donors (Lipinski definition) is 0. The molecule has 0 heterocycles. The highest BCUT2D eigenvalue weighted by Gasteiger charge is 2.32. The molecular formula is C14H27NO2. The van der Waals surface area contributed by atoms with Gasteiger partial charge in [-0.05, 0) is 26.8 Å². The molecule has 1 unspecified atom stereocenters. The summed E-state index contributed by atoms with van der Waals surface area (Å²) >= 11 is 0. The van der Waals surface area contributed by atoms with E-state index in [1.807, 2.05) is 0 Å². The fourth-order valence-electron chi connectivity index (χ4n) is 2.77. The Bertz CT molecular complexity index is 222. The summed E-state index contributed by atoms with van der Waals surface area (Å²) < 4.78 is 5.18. The normalized spacial score (nSPS) is 22.1. The van der Waals surface area contributed by atoms with Crippen LogP contribution in [0.2, 0.25) is 0 Å². The third kappa shape index (κ3) is 4.40. The zero-order chi connectivity index (χ0) is 12.7. The maximum Gasteiger partial charge on any atom is 0.127 e. The second-order valence-corrected chi connectivity index (χ2v) is 5.61. The van der Waals surface area contributed by atoms with Crippen molar-refractivity contribution in [2.45, 2.75) is 51.5 Å². The molecule has 3 heteroatoms. The first-order valence-electron chi connectivity index (χ1n) is 6.79. The molecule has 0 amide bonds. The van der Waals surface area contributed by atoms with Gasteiger partial charge >= 0.3 is 0 Å². The third-order valence-corrected chi connectivity index (χ3v) is 4.07. The minimum absolute atomic E-state index is 0.104. The molecule has 0 bridgehead atoms. The van der Waals surface area contributed by atoms with Crippen LogP contribution in [0.25, 0.3) is 0 Å². The van der Waals surface area contributed by atoms with Crippen molar-refractivity contribution in [3.63, 3.8) is 0 Å². The minimum atomic E-state index is -0.104. The summed E-state index contributed by atoms with van der Waals surface area (Å²) in [6.45, 7) is 3.76. The average Bonchev–Trinajstić information content (AvgIpc) is 2.55. The Labute approximate surface area is 106 Å². The molecule has 1 aliphatic carbocycles.